The molecule has 2 N–H and O–H groups in total. The van der Waals surface area contributed by atoms with Gasteiger partial charge in [0, 0.05) is 19.1 Å². The third-order valence-electron chi connectivity index (χ3n) is 4.01. The predicted octanol–water partition coefficient (Wildman–Crippen LogP) is 2.12. The molecule has 1 fully saturated rings. The van der Waals surface area contributed by atoms with Crippen LogP contribution in [-0.2, 0) is 0 Å². The van der Waals surface area contributed by atoms with Crippen molar-refractivity contribution in [3.05, 3.63) is 30.1 Å². The molecule has 0 atom stereocenters. The molecule has 4 heteroatoms. The lowest BCUT2D eigenvalue weighted by molar-refractivity contribution is 0.186. The molecule has 0 spiro atoms. The summed E-state index contributed by atoms with van der Waals surface area (Å²) in [4.78, 5) is 10.6. The van der Waals surface area contributed by atoms with Crippen molar-refractivity contribution < 1.29 is 5.11 Å². The number of rotatable bonds is 4. The third kappa shape index (κ3) is 2.80. The Kier molecular flexibility index (Phi) is 3.80. The van der Waals surface area contributed by atoms with Gasteiger partial charge in [-0.2, -0.15) is 0 Å². The van der Waals surface area contributed by atoms with Crippen molar-refractivity contribution >= 4 is 11.0 Å². The number of piperidine rings is 1. The van der Waals surface area contributed by atoms with Crippen LogP contribution in [0.15, 0.2) is 24.3 Å². The molecule has 0 amide bonds. The van der Waals surface area contributed by atoms with E-state index in [2.05, 4.69) is 22.0 Å². The number of fused-ring (bicyclic) bond motifs is 1. The quantitative estimate of drug-likeness (QED) is 0.884. The first-order valence-corrected chi connectivity index (χ1v) is 7.14. The van der Waals surface area contributed by atoms with Gasteiger partial charge in [0.2, 0.25) is 0 Å². The van der Waals surface area contributed by atoms with Gasteiger partial charge < -0.3 is 15.0 Å². The second kappa shape index (κ2) is 5.72. The van der Waals surface area contributed by atoms with E-state index < -0.39 is 0 Å². The van der Waals surface area contributed by atoms with E-state index in [0.717, 1.165) is 55.8 Å². The number of nitrogens with one attached hydrogen (secondary N) is 1. The van der Waals surface area contributed by atoms with Crippen LogP contribution in [0.1, 0.15) is 31.0 Å². The normalized spacial score (nSPS) is 18.2. The Morgan fingerprint density at radius 1 is 1.26 bits per heavy atom. The lowest BCUT2D eigenvalue weighted by atomic mass is 9.96. The van der Waals surface area contributed by atoms with Crippen LogP contribution >= 0.6 is 0 Å². The molecule has 1 saturated heterocycles. The summed E-state index contributed by atoms with van der Waals surface area (Å²) in [5.41, 5.74) is 2.21. The number of para-hydroxylation sites is 2. The van der Waals surface area contributed by atoms with Gasteiger partial charge >= 0.3 is 0 Å². The van der Waals surface area contributed by atoms with Gasteiger partial charge in [-0.05, 0) is 44.5 Å². The molecule has 2 heterocycles. The standard InChI is InChI=1S/C15H21N3O/c19-11-3-8-18-9-6-12(7-10-18)15-16-13-4-1-2-5-14(13)17-15/h1-2,4-5,12,19H,3,6-11H2,(H,16,17). The average Bonchev–Trinajstić information content (AvgIpc) is 2.89. The summed E-state index contributed by atoms with van der Waals surface area (Å²) in [6.07, 6.45) is 3.20. The van der Waals surface area contributed by atoms with Gasteiger partial charge in [-0.3, -0.25) is 0 Å². The summed E-state index contributed by atoms with van der Waals surface area (Å²) >= 11 is 0. The Balaban J connectivity index is 1.64. The largest absolute Gasteiger partial charge is 0.396 e. The lowest BCUT2D eigenvalue weighted by Crippen LogP contribution is -2.34. The molecular formula is C15H21N3O. The van der Waals surface area contributed by atoms with Crippen molar-refractivity contribution in [2.45, 2.75) is 25.2 Å². The van der Waals surface area contributed by atoms with Gasteiger partial charge in [0.1, 0.15) is 5.82 Å². The Morgan fingerprint density at radius 2 is 2.05 bits per heavy atom. The minimum Gasteiger partial charge on any atom is -0.396 e. The van der Waals surface area contributed by atoms with Crippen LogP contribution in [0.3, 0.4) is 0 Å². The monoisotopic (exact) mass is 259 g/mol. The highest BCUT2D eigenvalue weighted by Crippen LogP contribution is 2.27. The van der Waals surface area contributed by atoms with Crippen molar-refractivity contribution in [1.82, 2.24) is 14.9 Å². The molecule has 1 aromatic carbocycles. The summed E-state index contributed by atoms with van der Waals surface area (Å²) in [5.74, 6) is 1.70. The van der Waals surface area contributed by atoms with Crippen molar-refractivity contribution in [3.63, 3.8) is 0 Å². The third-order valence-corrected chi connectivity index (χ3v) is 4.01. The summed E-state index contributed by atoms with van der Waals surface area (Å²) in [5, 5.41) is 8.87. The van der Waals surface area contributed by atoms with E-state index in [0.29, 0.717) is 12.5 Å². The van der Waals surface area contributed by atoms with Gasteiger partial charge in [0.05, 0.1) is 11.0 Å². The topological polar surface area (TPSA) is 52.1 Å². The molecule has 3 rings (SSSR count). The first-order valence-electron chi connectivity index (χ1n) is 7.14. The Bertz CT molecular complexity index is 496. The van der Waals surface area contributed by atoms with E-state index in [-0.39, 0.29) is 0 Å². The molecule has 0 radical (unpaired) electrons. The van der Waals surface area contributed by atoms with Crippen LogP contribution in [0.25, 0.3) is 11.0 Å². The number of aromatic nitrogens is 2. The Morgan fingerprint density at radius 3 is 2.79 bits per heavy atom. The molecule has 19 heavy (non-hydrogen) atoms. The van der Waals surface area contributed by atoms with E-state index in [9.17, 15) is 0 Å². The van der Waals surface area contributed by atoms with E-state index >= 15 is 0 Å². The molecule has 0 aliphatic carbocycles. The number of hydrogen-bond acceptors (Lipinski definition) is 3. The van der Waals surface area contributed by atoms with Crippen LogP contribution < -0.4 is 0 Å². The minimum atomic E-state index is 0.295. The minimum absolute atomic E-state index is 0.295. The number of likely N-dealkylation sites (tertiary alicyclic amines) is 1. The maximum absolute atomic E-state index is 8.87. The maximum Gasteiger partial charge on any atom is 0.110 e. The number of imidazole rings is 1. The molecule has 1 aliphatic rings. The number of aliphatic hydroxyl groups is 1. The number of hydrogen-bond donors (Lipinski definition) is 2. The Labute approximate surface area is 113 Å². The zero-order chi connectivity index (χ0) is 13.1. The van der Waals surface area contributed by atoms with Crippen LogP contribution in [0.5, 0.6) is 0 Å². The van der Waals surface area contributed by atoms with E-state index in [1.807, 2.05) is 12.1 Å². The smallest absolute Gasteiger partial charge is 0.110 e. The van der Waals surface area contributed by atoms with Crippen molar-refractivity contribution in [3.8, 4) is 0 Å². The highest BCUT2D eigenvalue weighted by Gasteiger charge is 2.22. The number of nitrogens with zero attached hydrogens (tertiary/aromatic N) is 2. The molecular weight excluding hydrogens is 238 g/mol. The van der Waals surface area contributed by atoms with Gasteiger partial charge in [0.15, 0.2) is 0 Å². The molecule has 1 aliphatic heterocycles. The van der Waals surface area contributed by atoms with Gasteiger partial charge in [-0.1, -0.05) is 12.1 Å². The highest BCUT2D eigenvalue weighted by atomic mass is 16.3. The summed E-state index contributed by atoms with van der Waals surface area (Å²) in [6.45, 7) is 3.54. The first-order chi connectivity index (χ1) is 9.36. The van der Waals surface area contributed by atoms with Gasteiger partial charge in [-0.25, -0.2) is 4.98 Å². The molecule has 0 bridgehead atoms. The lowest BCUT2D eigenvalue weighted by Gasteiger charge is -2.30. The number of aromatic amines is 1. The van der Waals surface area contributed by atoms with Gasteiger partial charge in [-0.15, -0.1) is 0 Å². The van der Waals surface area contributed by atoms with E-state index in [4.69, 9.17) is 10.1 Å². The summed E-state index contributed by atoms with van der Waals surface area (Å²) < 4.78 is 0. The highest BCUT2D eigenvalue weighted by molar-refractivity contribution is 5.74. The zero-order valence-electron chi connectivity index (χ0n) is 11.2. The molecule has 0 saturated carbocycles. The van der Waals surface area contributed by atoms with Crippen molar-refractivity contribution in [2.24, 2.45) is 0 Å². The molecule has 0 unspecified atom stereocenters. The number of benzene rings is 1. The van der Waals surface area contributed by atoms with Crippen LogP contribution in [0.4, 0.5) is 0 Å². The molecule has 4 nitrogen and oxygen atoms in total. The second-order valence-corrected chi connectivity index (χ2v) is 5.33. The number of H-pyrrole nitrogens is 1. The van der Waals surface area contributed by atoms with E-state index in [1.165, 1.54) is 0 Å². The number of aliphatic hydroxyl groups excluding tert-OH is 1. The van der Waals surface area contributed by atoms with Crippen LogP contribution in [0, 0.1) is 0 Å². The van der Waals surface area contributed by atoms with Gasteiger partial charge in [0.25, 0.3) is 0 Å². The first kappa shape index (κ1) is 12.6. The maximum atomic E-state index is 8.87. The van der Waals surface area contributed by atoms with Crippen LogP contribution in [-0.4, -0.2) is 46.2 Å². The zero-order valence-corrected chi connectivity index (χ0v) is 11.2. The fourth-order valence-electron chi connectivity index (χ4n) is 2.89. The summed E-state index contributed by atoms with van der Waals surface area (Å²) in [6, 6.07) is 8.22. The van der Waals surface area contributed by atoms with E-state index in [1.54, 1.807) is 0 Å². The SMILES string of the molecule is OCCCN1CCC(c2nc3ccccc3[nH]2)CC1. The van der Waals surface area contributed by atoms with Crippen LogP contribution in [0.2, 0.25) is 0 Å². The fraction of sp³-hybridized carbons (Fsp3) is 0.533. The molecule has 2 aromatic rings. The van der Waals surface area contributed by atoms with Crippen molar-refractivity contribution in [2.75, 3.05) is 26.2 Å². The second-order valence-electron chi connectivity index (χ2n) is 5.33. The Hall–Kier alpha value is -1.39. The molecule has 102 valence electrons. The fourth-order valence-corrected chi connectivity index (χ4v) is 2.89. The predicted molar refractivity (Wildman–Crippen MR) is 76.2 cm³/mol. The average molecular weight is 259 g/mol. The van der Waals surface area contributed by atoms with Crippen molar-refractivity contribution in [1.29, 1.82) is 0 Å². The molecule has 1 aromatic heterocycles. The summed E-state index contributed by atoms with van der Waals surface area (Å²) in [7, 11) is 0.